The SMILES string of the molecule is CC1(C)Cc2nc(NCc3ccccc3)c(C(N)=NCc3ccccc3)cc2CO1. The van der Waals surface area contributed by atoms with E-state index in [1.54, 1.807) is 0 Å². The number of hydrogen-bond acceptors (Lipinski definition) is 4. The summed E-state index contributed by atoms with van der Waals surface area (Å²) in [4.78, 5) is 9.58. The number of fused-ring (bicyclic) bond motifs is 1. The van der Waals surface area contributed by atoms with Crippen molar-refractivity contribution in [1.29, 1.82) is 0 Å². The van der Waals surface area contributed by atoms with Crippen LogP contribution in [-0.4, -0.2) is 16.4 Å². The van der Waals surface area contributed by atoms with Gasteiger partial charge in [-0.2, -0.15) is 0 Å². The molecule has 1 aliphatic rings. The topological polar surface area (TPSA) is 72.5 Å². The van der Waals surface area contributed by atoms with Crippen LogP contribution >= 0.6 is 0 Å². The van der Waals surface area contributed by atoms with Crippen molar-refractivity contribution in [3.05, 3.63) is 94.7 Å². The maximum atomic E-state index is 6.43. The molecule has 5 nitrogen and oxygen atoms in total. The zero-order valence-corrected chi connectivity index (χ0v) is 17.6. The zero-order valence-electron chi connectivity index (χ0n) is 17.6. The van der Waals surface area contributed by atoms with Gasteiger partial charge in [-0.3, -0.25) is 4.99 Å². The third kappa shape index (κ3) is 4.86. The summed E-state index contributed by atoms with van der Waals surface area (Å²) >= 11 is 0. The lowest BCUT2D eigenvalue weighted by atomic mass is 9.95. The Balaban J connectivity index is 1.64. The van der Waals surface area contributed by atoms with Crippen molar-refractivity contribution in [2.24, 2.45) is 10.7 Å². The summed E-state index contributed by atoms with van der Waals surface area (Å²) < 4.78 is 5.98. The van der Waals surface area contributed by atoms with Crippen LogP contribution in [0.25, 0.3) is 0 Å². The van der Waals surface area contributed by atoms with E-state index in [2.05, 4.69) is 42.4 Å². The Morgan fingerprint density at radius 3 is 2.43 bits per heavy atom. The van der Waals surface area contributed by atoms with Crippen LogP contribution < -0.4 is 11.1 Å². The molecule has 0 unspecified atom stereocenters. The number of nitrogens with one attached hydrogen (secondary N) is 1. The van der Waals surface area contributed by atoms with Gasteiger partial charge in [0.15, 0.2) is 0 Å². The van der Waals surface area contributed by atoms with Crippen LogP contribution in [0.1, 0.15) is 41.8 Å². The lowest BCUT2D eigenvalue weighted by Crippen LogP contribution is -2.33. The summed E-state index contributed by atoms with van der Waals surface area (Å²) in [6.45, 7) is 5.93. The largest absolute Gasteiger partial charge is 0.383 e. The monoisotopic (exact) mass is 400 g/mol. The Kier molecular flexibility index (Phi) is 5.81. The number of aliphatic imine (C=N–C) groups is 1. The van der Waals surface area contributed by atoms with Crippen LogP contribution in [0.4, 0.5) is 5.82 Å². The second-order valence-corrected chi connectivity index (χ2v) is 8.24. The van der Waals surface area contributed by atoms with E-state index in [1.165, 1.54) is 5.56 Å². The van der Waals surface area contributed by atoms with Gasteiger partial charge in [0, 0.05) is 18.5 Å². The van der Waals surface area contributed by atoms with Crippen molar-refractivity contribution < 1.29 is 4.74 Å². The maximum Gasteiger partial charge on any atom is 0.137 e. The maximum absolute atomic E-state index is 6.43. The number of amidine groups is 1. The molecule has 30 heavy (non-hydrogen) atoms. The first kappa shape index (κ1) is 20.1. The first-order valence-corrected chi connectivity index (χ1v) is 10.3. The fraction of sp³-hybridized carbons (Fsp3) is 0.280. The summed E-state index contributed by atoms with van der Waals surface area (Å²) in [6, 6.07) is 22.5. The lowest BCUT2D eigenvalue weighted by molar-refractivity contribution is -0.0412. The van der Waals surface area contributed by atoms with E-state index in [-0.39, 0.29) is 5.60 Å². The number of benzene rings is 2. The average molecular weight is 401 g/mol. The van der Waals surface area contributed by atoms with Gasteiger partial charge >= 0.3 is 0 Å². The fourth-order valence-corrected chi connectivity index (χ4v) is 3.56. The minimum Gasteiger partial charge on any atom is -0.383 e. The Hall–Kier alpha value is -3.18. The highest BCUT2D eigenvalue weighted by atomic mass is 16.5. The molecule has 0 atom stereocenters. The third-order valence-corrected chi connectivity index (χ3v) is 5.26. The Bertz CT molecular complexity index is 1030. The van der Waals surface area contributed by atoms with Gasteiger partial charge in [0.1, 0.15) is 11.7 Å². The number of nitrogens with zero attached hydrogens (tertiary/aromatic N) is 2. The number of hydrogen-bond donors (Lipinski definition) is 2. The van der Waals surface area contributed by atoms with E-state index in [9.17, 15) is 0 Å². The average Bonchev–Trinajstić information content (AvgIpc) is 2.76. The van der Waals surface area contributed by atoms with Gasteiger partial charge in [-0.1, -0.05) is 60.7 Å². The van der Waals surface area contributed by atoms with Gasteiger partial charge in [-0.15, -0.1) is 0 Å². The molecule has 0 spiro atoms. The highest BCUT2D eigenvalue weighted by Crippen LogP contribution is 2.29. The number of aromatic nitrogens is 1. The first-order chi connectivity index (χ1) is 14.5. The van der Waals surface area contributed by atoms with E-state index < -0.39 is 0 Å². The second kappa shape index (κ2) is 8.67. The molecule has 2 aromatic carbocycles. The van der Waals surface area contributed by atoms with Crippen molar-refractivity contribution in [3.63, 3.8) is 0 Å². The van der Waals surface area contributed by atoms with Gasteiger partial charge in [-0.25, -0.2) is 4.98 Å². The minimum absolute atomic E-state index is 0.217. The van der Waals surface area contributed by atoms with Crippen molar-refractivity contribution in [3.8, 4) is 0 Å². The van der Waals surface area contributed by atoms with Gasteiger partial charge in [0.2, 0.25) is 0 Å². The summed E-state index contributed by atoms with van der Waals surface area (Å²) in [5.74, 6) is 1.25. The molecule has 0 bridgehead atoms. The quantitative estimate of drug-likeness (QED) is 0.474. The van der Waals surface area contributed by atoms with Crippen LogP contribution in [0, 0.1) is 0 Å². The Morgan fingerprint density at radius 1 is 1.07 bits per heavy atom. The normalized spacial score (nSPS) is 15.5. The lowest BCUT2D eigenvalue weighted by Gasteiger charge is -2.31. The van der Waals surface area contributed by atoms with E-state index in [0.29, 0.717) is 25.5 Å². The number of anilines is 1. The van der Waals surface area contributed by atoms with E-state index in [1.807, 2.05) is 48.5 Å². The zero-order chi connectivity index (χ0) is 21.0. The number of rotatable bonds is 6. The van der Waals surface area contributed by atoms with Crippen molar-refractivity contribution >= 4 is 11.7 Å². The minimum atomic E-state index is -0.217. The highest BCUT2D eigenvalue weighted by molar-refractivity contribution is 6.01. The molecule has 4 rings (SSSR count). The molecule has 3 aromatic rings. The van der Waals surface area contributed by atoms with Crippen LogP contribution in [0.5, 0.6) is 0 Å². The van der Waals surface area contributed by atoms with Gasteiger partial charge in [0.05, 0.1) is 30.0 Å². The molecule has 1 aliphatic heterocycles. The van der Waals surface area contributed by atoms with E-state index in [4.69, 9.17) is 15.5 Å². The molecule has 0 saturated carbocycles. The van der Waals surface area contributed by atoms with Crippen LogP contribution in [0.15, 0.2) is 71.7 Å². The summed E-state index contributed by atoms with van der Waals surface area (Å²) in [7, 11) is 0. The van der Waals surface area contributed by atoms with Crippen molar-refractivity contribution in [2.45, 2.75) is 45.6 Å². The number of pyridine rings is 1. The number of ether oxygens (including phenoxy) is 1. The molecule has 0 aliphatic carbocycles. The van der Waals surface area contributed by atoms with Crippen LogP contribution in [0.2, 0.25) is 0 Å². The smallest absolute Gasteiger partial charge is 0.137 e. The van der Waals surface area contributed by atoms with Crippen LogP contribution in [-0.2, 0) is 30.9 Å². The molecule has 3 N–H and O–H groups in total. The molecule has 0 amide bonds. The molecule has 154 valence electrons. The van der Waals surface area contributed by atoms with E-state index in [0.717, 1.165) is 34.6 Å². The molecule has 0 saturated heterocycles. The molecule has 1 aromatic heterocycles. The second-order valence-electron chi connectivity index (χ2n) is 8.24. The van der Waals surface area contributed by atoms with Gasteiger partial charge in [0.25, 0.3) is 0 Å². The Morgan fingerprint density at radius 2 is 1.73 bits per heavy atom. The standard InChI is InChI=1S/C25H28N4O/c1-25(2)14-22-20(17-30-25)13-21(23(26)27-15-18-9-5-3-6-10-18)24(29-22)28-16-19-11-7-4-8-12-19/h3-13H,14-17H2,1-2H3,(H2,26,27)(H,28,29). The van der Waals surface area contributed by atoms with E-state index >= 15 is 0 Å². The molecule has 2 heterocycles. The Labute approximate surface area is 178 Å². The third-order valence-electron chi connectivity index (χ3n) is 5.26. The van der Waals surface area contributed by atoms with Gasteiger partial charge < -0.3 is 15.8 Å². The van der Waals surface area contributed by atoms with Crippen molar-refractivity contribution in [2.75, 3.05) is 5.32 Å². The summed E-state index contributed by atoms with van der Waals surface area (Å²) in [5.41, 5.74) is 11.5. The predicted octanol–water partition coefficient (Wildman–Crippen LogP) is 4.45. The predicted molar refractivity (Wildman–Crippen MR) is 121 cm³/mol. The summed E-state index contributed by atoms with van der Waals surface area (Å²) in [6.07, 6.45) is 0.768. The van der Waals surface area contributed by atoms with Crippen LogP contribution in [0.3, 0.4) is 0 Å². The molecule has 0 fully saturated rings. The summed E-state index contributed by atoms with van der Waals surface area (Å²) in [5, 5.41) is 3.47. The molecule has 5 heteroatoms. The molecular formula is C25H28N4O. The van der Waals surface area contributed by atoms with Crippen molar-refractivity contribution in [1.82, 2.24) is 4.98 Å². The number of nitrogens with two attached hydrogens (primary N) is 1. The molecule has 0 radical (unpaired) electrons. The highest BCUT2D eigenvalue weighted by Gasteiger charge is 2.28. The van der Waals surface area contributed by atoms with Gasteiger partial charge in [-0.05, 0) is 31.0 Å². The first-order valence-electron chi connectivity index (χ1n) is 10.3. The molecular weight excluding hydrogens is 372 g/mol. The fourth-order valence-electron chi connectivity index (χ4n) is 3.56.